The topological polar surface area (TPSA) is 26.3 Å². The van der Waals surface area contributed by atoms with Crippen molar-refractivity contribution in [3.05, 3.63) is 64.7 Å². The van der Waals surface area contributed by atoms with Gasteiger partial charge in [0, 0.05) is 28.8 Å². The lowest BCUT2D eigenvalue weighted by Crippen LogP contribution is -2.12. The van der Waals surface area contributed by atoms with Crippen LogP contribution in [-0.2, 0) is 11.2 Å². The van der Waals surface area contributed by atoms with E-state index in [4.69, 9.17) is 16.3 Å². The predicted octanol–water partition coefficient (Wildman–Crippen LogP) is 5.68. The number of benzene rings is 2. The van der Waals surface area contributed by atoms with Crippen molar-refractivity contribution in [2.75, 3.05) is 7.11 Å². The molecule has 0 unspecified atom stereocenters. The lowest BCUT2D eigenvalue weighted by atomic mass is 9.91. The molecule has 0 heterocycles. The van der Waals surface area contributed by atoms with Gasteiger partial charge in [-0.2, -0.15) is 0 Å². The number of carbonyl (C=O) groups excluding carboxylic acids is 1. The SMILES string of the molecule is CCC1(CC)[C@H](C(=O)Cc2cc(Cl)ccc2OC)[C@H]1c1ccccc1. The Morgan fingerprint density at radius 3 is 2.40 bits per heavy atom. The third-order valence-electron chi connectivity index (χ3n) is 5.89. The van der Waals surface area contributed by atoms with E-state index in [0.29, 0.717) is 17.4 Å². The van der Waals surface area contributed by atoms with Crippen molar-refractivity contribution in [1.82, 2.24) is 0 Å². The molecule has 2 nitrogen and oxygen atoms in total. The summed E-state index contributed by atoms with van der Waals surface area (Å²) in [4.78, 5) is 13.2. The molecule has 0 N–H and O–H groups in total. The normalized spacial score (nSPS) is 21.0. The van der Waals surface area contributed by atoms with Crippen molar-refractivity contribution in [3.8, 4) is 5.75 Å². The van der Waals surface area contributed by atoms with Crippen LogP contribution in [0.2, 0.25) is 5.02 Å². The average Bonchev–Trinajstić information content (AvgIpc) is 3.32. The van der Waals surface area contributed by atoms with Gasteiger partial charge in [0.05, 0.1) is 7.11 Å². The van der Waals surface area contributed by atoms with Gasteiger partial charge in [0.1, 0.15) is 11.5 Å². The number of halogens is 1. The molecule has 0 amide bonds. The van der Waals surface area contributed by atoms with Gasteiger partial charge in [-0.15, -0.1) is 0 Å². The standard InChI is InChI=1S/C22H25ClO2/c1-4-22(5-2)20(15-9-7-6-8-10-15)21(22)18(24)14-16-13-17(23)11-12-19(16)25-3/h6-13,20-21H,4-5,14H2,1-3H3/t20-,21-/m1/s1. The molecule has 0 spiro atoms. The molecule has 0 saturated heterocycles. The highest BCUT2D eigenvalue weighted by atomic mass is 35.5. The number of Topliss-reactive ketones (excluding diaryl/α,β-unsaturated/α-hetero) is 1. The van der Waals surface area contributed by atoms with Crippen LogP contribution in [0.5, 0.6) is 5.75 Å². The van der Waals surface area contributed by atoms with Crippen molar-refractivity contribution >= 4 is 17.4 Å². The van der Waals surface area contributed by atoms with Gasteiger partial charge < -0.3 is 4.74 Å². The van der Waals surface area contributed by atoms with E-state index >= 15 is 0 Å². The second-order valence-corrected chi connectivity index (χ2v) is 7.34. The molecule has 1 aliphatic carbocycles. The molecule has 2 aromatic carbocycles. The molecule has 2 aromatic rings. The highest BCUT2D eigenvalue weighted by Crippen LogP contribution is 2.69. The third kappa shape index (κ3) is 3.20. The van der Waals surface area contributed by atoms with E-state index < -0.39 is 0 Å². The molecule has 0 bridgehead atoms. The summed E-state index contributed by atoms with van der Waals surface area (Å²) in [6.07, 6.45) is 2.41. The monoisotopic (exact) mass is 356 g/mol. The van der Waals surface area contributed by atoms with Gasteiger partial charge in [-0.25, -0.2) is 0 Å². The number of hydrogen-bond donors (Lipinski definition) is 0. The lowest BCUT2D eigenvalue weighted by molar-refractivity contribution is -0.120. The van der Waals surface area contributed by atoms with E-state index in [9.17, 15) is 4.79 Å². The molecule has 0 aliphatic heterocycles. The van der Waals surface area contributed by atoms with Crippen LogP contribution in [0.15, 0.2) is 48.5 Å². The average molecular weight is 357 g/mol. The highest BCUT2D eigenvalue weighted by Gasteiger charge is 2.65. The first-order valence-corrected chi connectivity index (χ1v) is 9.35. The van der Waals surface area contributed by atoms with E-state index in [0.717, 1.165) is 24.2 Å². The highest BCUT2D eigenvalue weighted by molar-refractivity contribution is 6.30. The molecular weight excluding hydrogens is 332 g/mol. The summed E-state index contributed by atoms with van der Waals surface area (Å²) in [6.45, 7) is 4.40. The van der Waals surface area contributed by atoms with Crippen LogP contribution in [-0.4, -0.2) is 12.9 Å². The quantitative estimate of drug-likeness (QED) is 0.637. The second-order valence-electron chi connectivity index (χ2n) is 6.91. The first kappa shape index (κ1) is 18.0. The van der Waals surface area contributed by atoms with E-state index in [1.165, 1.54) is 5.56 Å². The Morgan fingerprint density at radius 1 is 1.12 bits per heavy atom. The second kappa shape index (κ2) is 7.21. The van der Waals surface area contributed by atoms with Gasteiger partial charge in [0.2, 0.25) is 0 Å². The van der Waals surface area contributed by atoms with Crippen molar-refractivity contribution in [3.63, 3.8) is 0 Å². The van der Waals surface area contributed by atoms with E-state index in [2.05, 4.69) is 38.1 Å². The van der Waals surface area contributed by atoms with Crippen LogP contribution >= 0.6 is 11.6 Å². The van der Waals surface area contributed by atoms with Crippen LogP contribution in [0.3, 0.4) is 0 Å². The van der Waals surface area contributed by atoms with Gasteiger partial charge in [-0.1, -0.05) is 55.8 Å². The summed E-state index contributed by atoms with van der Waals surface area (Å²) in [5, 5.41) is 0.635. The maximum absolute atomic E-state index is 13.2. The van der Waals surface area contributed by atoms with Crippen molar-refractivity contribution in [1.29, 1.82) is 0 Å². The van der Waals surface area contributed by atoms with E-state index in [1.807, 2.05) is 18.2 Å². The smallest absolute Gasteiger partial charge is 0.141 e. The Balaban J connectivity index is 1.87. The van der Waals surface area contributed by atoms with Crippen LogP contribution < -0.4 is 4.74 Å². The zero-order chi connectivity index (χ0) is 18.0. The lowest BCUT2D eigenvalue weighted by Gasteiger charge is -2.13. The Hall–Kier alpha value is -1.80. The molecule has 3 rings (SSSR count). The largest absolute Gasteiger partial charge is 0.496 e. The fourth-order valence-electron chi connectivity index (χ4n) is 4.50. The van der Waals surface area contributed by atoms with Crippen LogP contribution in [0.1, 0.15) is 43.7 Å². The van der Waals surface area contributed by atoms with Gasteiger partial charge in [0.25, 0.3) is 0 Å². The molecular formula is C22H25ClO2. The van der Waals surface area contributed by atoms with Crippen molar-refractivity contribution < 1.29 is 9.53 Å². The molecule has 132 valence electrons. The van der Waals surface area contributed by atoms with E-state index in [1.54, 1.807) is 13.2 Å². The summed E-state index contributed by atoms with van der Waals surface area (Å²) in [5.74, 6) is 1.42. The molecule has 1 saturated carbocycles. The fraction of sp³-hybridized carbons (Fsp3) is 0.409. The molecule has 1 fully saturated rings. The number of ether oxygens (including phenoxy) is 1. The Morgan fingerprint density at radius 2 is 1.80 bits per heavy atom. The van der Waals surface area contributed by atoms with E-state index in [-0.39, 0.29) is 17.1 Å². The number of hydrogen-bond acceptors (Lipinski definition) is 2. The Bertz CT molecular complexity index is 750. The van der Waals surface area contributed by atoms with Gasteiger partial charge >= 0.3 is 0 Å². The first-order chi connectivity index (χ1) is 12.1. The predicted molar refractivity (Wildman–Crippen MR) is 102 cm³/mol. The van der Waals surface area contributed by atoms with Crippen LogP contribution in [0, 0.1) is 11.3 Å². The zero-order valence-corrected chi connectivity index (χ0v) is 15.8. The first-order valence-electron chi connectivity index (χ1n) is 8.97. The summed E-state index contributed by atoms with van der Waals surface area (Å²) in [6, 6.07) is 15.9. The number of carbonyl (C=O) groups is 1. The molecule has 1 aliphatic rings. The maximum Gasteiger partial charge on any atom is 0.141 e. The summed E-state index contributed by atoms with van der Waals surface area (Å²) in [5.41, 5.74) is 2.24. The minimum Gasteiger partial charge on any atom is -0.496 e. The Kier molecular flexibility index (Phi) is 5.19. The molecule has 3 heteroatoms. The number of methoxy groups -OCH3 is 1. The molecule has 25 heavy (non-hydrogen) atoms. The van der Waals surface area contributed by atoms with Crippen LogP contribution in [0.25, 0.3) is 0 Å². The number of rotatable bonds is 7. The zero-order valence-electron chi connectivity index (χ0n) is 15.1. The van der Waals surface area contributed by atoms with Crippen molar-refractivity contribution in [2.45, 2.75) is 39.0 Å². The minimum absolute atomic E-state index is 0.0774. The fourth-order valence-corrected chi connectivity index (χ4v) is 4.69. The summed E-state index contributed by atoms with van der Waals surface area (Å²) >= 11 is 6.12. The molecule has 0 radical (unpaired) electrons. The summed E-state index contributed by atoms with van der Waals surface area (Å²) < 4.78 is 5.41. The Labute approximate surface area is 155 Å². The van der Waals surface area contributed by atoms with Crippen LogP contribution in [0.4, 0.5) is 0 Å². The molecule has 0 aromatic heterocycles. The van der Waals surface area contributed by atoms with Gasteiger partial charge in [-0.3, -0.25) is 4.79 Å². The summed E-state index contributed by atoms with van der Waals surface area (Å²) in [7, 11) is 1.63. The maximum atomic E-state index is 13.2. The van der Waals surface area contributed by atoms with Gasteiger partial charge in [-0.05, 0) is 42.0 Å². The minimum atomic E-state index is 0.0774. The molecule has 2 atom stereocenters. The number of ketones is 1. The van der Waals surface area contributed by atoms with Gasteiger partial charge in [0.15, 0.2) is 0 Å². The van der Waals surface area contributed by atoms with Crippen molar-refractivity contribution in [2.24, 2.45) is 11.3 Å². The third-order valence-corrected chi connectivity index (χ3v) is 6.13.